The first kappa shape index (κ1) is 24.7. The molecule has 0 unspecified atom stereocenters. The molecule has 5 rings (SSSR count). The van der Waals surface area contributed by atoms with E-state index in [2.05, 4.69) is 27.5 Å². The summed E-state index contributed by atoms with van der Waals surface area (Å²) in [5, 5.41) is 6.50. The van der Waals surface area contributed by atoms with Crippen LogP contribution in [0.1, 0.15) is 67.2 Å². The molecule has 0 radical (unpaired) electrons. The fourth-order valence-corrected chi connectivity index (χ4v) is 7.16. The SMILES string of the molecule is CC(=O)N1c2ccc(C(=O)NC3CCS(=O)(=O)CC3)cc2[C@H](Nc2nccc(C)n2)[C@@H](C)[C@@H]1C1CC1. The van der Waals surface area contributed by atoms with Gasteiger partial charge in [-0.15, -0.1) is 0 Å². The average Bonchev–Trinajstić information content (AvgIpc) is 3.66. The van der Waals surface area contributed by atoms with Crippen molar-refractivity contribution in [3.63, 3.8) is 0 Å². The molecule has 1 aliphatic carbocycles. The van der Waals surface area contributed by atoms with E-state index >= 15 is 0 Å². The largest absolute Gasteiger partial charge is 0.349 e. The van der Waals surface area contributed by atoms with Gasteiger partial charge in [-0.3, -0.25) is 9.59 Å². The number of rotatable bonds is 5. The third-order valence-corrected chi connectivity index (χ3v) is 9.38. The summed E-state index contributed by atoms with van der Waals surface area (Å²) in [6, 6.07) is 7.02. The van der Waals surface area contributed by atoms with Crippen LogP contribution in [-0.4, -0.2) is 53.8 Å². The highest BCUT2D eigenvalue weighted by atomic mass is 32.2. The van der Waals surface area contributed by atoms with Gasteiger partial charge in [0.2, 0.25) is 11.9 Å². The number of fused-ring (bicyclic) bond motifs is 1. The number of aromatic nitrogens is 2. The second-order valence-corrected chi connectivity index (χ2v) is 12.7. The maximum absolute atomic E-state index is 13.2. The van der Waals surface area contributed by atoms with Crippen LogP contribution in [0.5, 0.6) is 0 Å². The summed E-state index contributed by atoms with van der Waals surface area (Å²) in [6.45, 7) is 5.65. The molecule has 1 saturated heterocycles. The van der Waals surface area contributed by atoms with Crippen molar-refractivity contribution in [2.75, 3.05) is 21.7 Å². The van der Waals surface area contributed by atoms with Gasteiger partial charge in [0.1, 0.15) is 9.84 Å². The first-order valence-electron chi connectivity index (χ1n) is 12.6. The summed E-state index contributed by atoms with van der Waals surface area (Å²) in [5.41, 5.74) is 3.00. The Hall–Kier alpha value is -3.01. The number of hydrogen-bond acceptors (Lipinski definition) is 7. The van der Waals surface area contributed by atoms with Crippen molar-refractivity contribution in [3.05, 3.63) is 47.3 Å². The Morgan fingerprint density at radius 3 is 2.44 bits per heavy atom. The van der Waals surface area contributed by atoms with Crippen LogP contribution in [0.15, 0.2) is 30.5 Å². The molecule has 2 amide bonds. The second kappa shape index (κ2) is 9.46. The topological polar surface area (TPSA) is 121 Å². The summed E-state index contributed by atoms with van der Waals surface area (Å²) in [4.78, 5) is 36.8. The Bertz CT molecular complexity index is 1280. The fourth-order valence-electron chi connectivity index (χ4n) is 5.67. The van der Waals surface area contributed by atoms with Gasteiger partial charge in [-0.1, -0.05) is 6.92 Å². The molecule has 192 valence electrons. The highest BCUT2D eigenvalue weighted by Crippen LogP contribution is 2.50. The van der Waals surface area contributed by atoms with E-state index in [0.717, 1.165) is 29.8 Å². The molecule has 2 fully saturated rings. The number of carbonyl (C=O) groups is 2. The molecule has 3 aliphatic rings. The maximum Gasteiger partial charge on any atom is 0.251 e. The lowest BCUT2D eigenvalue weighted by Gasteiger charge is -2.45. The van der Waals surface area contributed by atoms with Gasteiger partial charge in [0, 0.05) is 48.1 Å². The molecule has 1 aromatic heterocycles. The number of aryl methyl sites for hydroxylation is 1. The Labute approximate surface area is 212 Å². The Kier molecular flexibility index (Phi) is 6.48. The summed E-state index contributed by atoms with van der Waals surface area (Å²) in [7, 11) is -3.00. The molecule has 36 heavy (non-hydrogen) atoms. The van der Waals surface area contributed by atoms with Gasteiger partial charge < -0.3 is 15.5 Å². The lowest BCUT2D eigenvalue weighted by atomic mass is 9.79. The van der Waals surface area contributed by atoms with Crippen LogP contribution in [-0.2, 0) is 14.6 Å². The Morgan fingerprint density at radius 1 is 1.08 bits per heavy atom. The zero-order valence-corrected chi connectivity index (χ0v) is 21.7. The monoisotopic (exact) mass is 511 g/mol. The van der Waals surface area contributed by atoms with Crippen molar-refractivity contribution in [1.29, 1.82) is 0 Å². The summed E-state index contributed by atoms with van der Waals surface area (Å²) >= 11 is 0. The lowest BCUT2D eigenvalue weighted by Crippen LogP contribution is -2.51. The van der Waals surface area contributed by atoms with Crippen LogP contribution < -0.4 is 15.5 Å². The number of nitrogens with zero attached hydrogens (tertiary/aromatic N) is 3. The molecule has 1 aromatic carbocycles. The minimum absolute atomic E-state index is 0.00845. The molecule has 2 aliphatic heterocycles. The molecule has 10 heteroatoms. The van der Waals surface area contributed by atoms with E-state index in [4.69, 9.17) is 0 Å². The minimum Gasteiger partial charge on any atom is -0.349 e. The van der Waals surface area contributed by atoms with Crippen LogP contribution in [0.2, 0.25) is 0 Å². The van der Waals surface area contributed by atoms with Gasteiger partial charge in [-0.25, -0.2) is 18.4 Å². The molecule has 1 saturated carbocycles. The van der Waals surface area contributed by atoms with E-state index in [-0.39, 0.29) is 47.4 Å². The molecule has 0 bridgehead atoms. The summed E-state index contributed by atoms with van der Waals surface area (Å²) in [5.74, 6) is 0.980. The van der Waals surface area contributed by atoms with E-state index in [0.29, 0.717) is 30.3 Å². The third-order valence-electron chi connectivity index (χ3n) is 7.66. The number of hydrogen-bond donors (Lipinski definition) is 2. The number of sulfone groups is 1. The van der Waals surface area contributed by atoms with Gasteiger partial charge in [0.05, 0.1) is 17.5 Å². The Balaban J connectivity index is 1.48. The van der Waals surface area contributed by atoms with Crippen molar-refractivity contribution >= 4 is 33.3 Å². The van der Waals surface area contributed by atoms with Crippen molar-refractivity contribution in [2.45, 2.75) is 64.6 Å². The van der Waals surface area contributed by atoms with Crippen molar-refractivity contribution < 1.29 is 18.0 Å². The standard InChI is InChI=1S/C26H33N5O4S/c1-15-8-11-27-26(28-15)30-23-16(2)24(18-4-5-18)31(17(3)32)22-7-6-19(14-21(22)23)25(33)29-20-9-12-36(34,35)13-10-20/h6-8,11,14,16,18,20,23-24H,4-5,9-10,12-13H2,1-3H3,(H,29,33)(H,27,28,30)/t16-,23-,24-/m1/s1. The van der Waals surface area contributed by atoms with E-state index in [9.17, 15) is 18.0 Å². The molecule has 0 spiro atoms. The predicted molar refractivity (Wildman–Crippen MR) is 138 cm³/mol. The third kappa shape index (κ3) is 4.96. The van der Waals surface area contributed by atoms with Crippen LogP contribution in [0.3, 0.4) is 0 Å². The average molecular weight is 512 g/mol. The molecule has 9 nitrogen and oxygen atoms in total. The molecule has 3 heterocycles. The van der Waals surface area contributed by atoms with Crippen molar-refractivity contribution in [2.24, 2.45) is 11.8 Å². The molecular formula is C26H33N5O4S. The second-order valence-electron chi connectivity index (χ2n) is 10.4. The maximum atomic E-state index is 13.2. The molecule has 3 atom stereocenters. The van der Waals surface area contributed by atoms with Gasteiger partial charge in [-0.05, 0) is 68.4 Å². The van der Waals surface area contributed by atoms with Crippen LogP contribution in [0.25, 0.3) is 0 Å². The molecule has 2 N–H and O–H groups in total. The van der Waals surface area contributed by atoms with Gasteiger partial charge in [0.25, 0.3) is 5.91 Å². The Morgan fingerprint density at radius 2 is 1.81 bits per heavy atom. The normalized spacial score (nSPS) is 25.6. The van der Waals surface area contributed by atoms with Crippen LogP contribution >= 0.6 is 0 Å². The lowest BCUT2D eigenvalue weighted by molar-refractivity contribution is -0.117. The van der Waals surface area contributed by atoms with E-state index < -0.39 is 9.84 Å². The van der Waals surface area contributed by atoms with Crippen LogP contribution in [0, 0.1) is 18.8 Å². The van der Waals surface area contributed by atoms with Gasteiger partial charge in [-0.2, -0.15) is 0 Å². The number of nitrogens with one attached hydrogen (secondary N) is 2. The first-order valence-corrected chi connectivity index (χ1v) is 14.5. The number of anilines is 2. The quantitative estimate of drug-likeness (QED) is 0.633. The number of carbonyl (C=O) groups excluding carboxylic acids is 2. The smallest absolute Gasteiger partial charge is 0.251 e. The minimum atomic E-state index is -3.00. The van der Waals surface area contributed by atoms with Crippen molar-refractivity contribution in [3.8, 4) is 0 Å². The highest BCUT2D eigenvalue weighted by Gasteiger charge is 2.47. The fraction of sp³-hybridized carbons (Fsp3) is 0.538. The molecular weight excluding hydrogens is 478 g/mol. The number of amides is 2. The number of benzene rings is 1. The highest BCUT2D eigenvalue weighted by molar-refractivity contribution is 7.91. The van der Waals surface area contributed by atoms with Gasteiger partial charge >= 0.3 is 0 Å². The predicted octanol–water partition coefficient (Wildman–Crippen LogP) is 3.03. The zero-order valence-electron chi connectivity index (χ0n) is 20.9. The summed E-state index contributed by atoms with van der Waals surface area (Å²) in [6.07, 6.45) is 4.75. The van der Waals surface area contributed by atoms with Gasteiger partial charge in [0.15, 0.2) is 0 Å². The van der Waals surface area contributed by atoms with E-state index in [1.54, 1.807) is 19.2 Å². The van der Waals surface area contributed by atoms with Crippen molar-refractivity contribution in [1.82, 2.24) is 15.3 Å². The summed E-state index contributed by atoms with van der Waals surface area (Å²) < 4.78 is 23.5. The van der Waals surface area contributed by atoms with Crippen LogP contribution in [0.4, 0.5) is 11.6 Å². The van der Waals surface area contributed by atoms with E-state index in [1.807, 2.05) is 30.0 Å². The van der Waals surface area contributed by atoms with E-state index in [1.165, 1.54) is 0 Å². The molecule has 2 aromatic rings. The zero-order chi connectivity index (χ0) is 25.6. The first-order chi connectivity index (χ1) is 17.1.